The van der Waals surface area contributed by atoms with Gasteiger partial charge in [0.1, 0.15) is 5.75 Å². The molecule has 5 heteroatoms. The maximum atomic E-state index is 10.0. The molecule has 0 heterocycles. The van der Waals surface area contributed by atoms with Crippen LogP contribution >= 0.6 is 0 Å². The monoisotopic (exact) mass is 212 g/mol. The van der Waals surface area contributed by atoms with Crippen LogP contribution in [0.4, 0.5) is 0 Å². The molecule has 0 aromatic heterocycles. The van der Waals surface area contributed by atoms with E-state index in [4.69, 9.17) is 19.7 Å². The zero-order valence-electron chi connectivity index (χ0n) is 8.21. The minimum atomic E-state index is -0.964. The van der Waals surface area contributed by atoms with Gasteiger partial charge in [0, 0.05) is 6.92 Å². The maximum absolute atomic E-state index is 10.0. The van der Waals surface area contributed by atoms with Gasteiger partial charge in [0.25, 0.3) is 5.97 Å². The van der Waals surface area contributed by atoms with E-state index in [1.807, 2.05) is 6.07 Å². The molecule has 15 heavy (non-hydrogen) atoms. The third kappa shape index (κ3) is 9.88. The predicted octanol–water partition coefficient (Wildman–Crippen LogP) is 1.24. The largest absolute Gasteiger partial charge is 0.482 e. The van der Waals surface area contributed by atoms with E-state index in [0.29, 0.717) is 5.75 Å². The van der Waals surface area contributed by atoms with Gasteiger partial charge in [0.15, 0.2) is 6.61 Å². The first-order chi connectivity index (χ1) is 7.02. The van der Waals surface area contributed by atoms with Crippen LogP contribution in [0.25, 0.3) is 0 Å². The van der Waals surface area contributed by atoms with E-state index in [-0.39, 0.29) is 6.61 Å². The molecular formula is C10H12O5. The summed E-state index contributed by atoms with van der Waals surface area (Å²) in [5.41, 5.74) is 0. The molecule has 82 valence electrons. The number of aliphatic carboxylic acids is 2. The average Bonchev–Trinajstić information content (AvgIpc) is 2.15. The van der Waals surface area contributed by atoms with E-state index in [2.05, 4.69) is 0 Å². The Labute approximate surface area is 86.9 Å². The smallest absolute Gasteiger partial charge is 0.341 e. The second-order valence-electron chi connectivity index (χ2n) is 2.51. The van der Waals surface area contributed by atoms with Crippen molar-refractivity contribution in [3.05, 3.63) is 30.3 Å². The van der Waals surface area contributed by atoms with Gasteiger partial charge in [-0.25, -0.2) is 4.79 Å². The molecule has 0 saturated heterocycles. The van der Waals surface area contributed by atoms with Crippen molar-refractivity contribution in [1.82, 2.24) is 0 Å². The first-order valence-electron chi connectivity index (χ1n) is 4.11. The highest BCUT2D eigenvalue weighted by Gasteiger charge is 1.96. The summed E-state index contributed by atoms with van der Waals surface area (Å²) in [6, 6.07) is 8.84. The van der Waals surface area contributed by atoms with E-state index in [9.17, 15) is 4.79 Å². The lowest BCUT2D eigenvalue weighted by Gasteiger charge is -2.00. The number of hydrogen-bond donors (Lipinski definition) is 2. The molecule has 0 bridgehead atoms. The van der Waals surface area contributed by atoms with Crippen LogP contribution in [-0.2, 0) is 9.59 Å². The van der Waals surface area contributed by atoms with Gasteiger partial charge >= 0.3 is 5.97 Å². The number of carbonyl (C=O) groups is 2. The van der Waals surface area contributed by atoms with Crippen molar-refractivity contribution < 1.29 is 24.5 Å². The van der Waals surface area contributed by atoms with Crippen LogP contribution in [-0.4, -0.2) is 28.8 Å². The topological polar surface area (TPSA) is 83.8 Å². The van der Waals surface area contributed by atoms with Crippen molar-refractivity contribution in [1.29, 1.82) is 0 Å². The molecule has 0 saturated carbocycles. The summed E-state index contributed by atoms with van der Waals surface area (Å²) in [6.45, 7) is 0.796. The Bertz CT molecular complexity index is 303. The normalized spacial score (nSPS) is 8.33. The van der Waals surface area contributed by atoms with Crippen LogP contribution in [0.1, 0.15) is 6.92 Å². The van der Waals surface area contributed by atoms with Gasteiger partial charge in [-0.1, -0.05) is 18.2 Å². The number of rotatable bonds is 3. The zero-order valence-corrected chi connectivity index (χ0v) is 8.21. The second kappa shape index (κ2) is 7.37. The van der Waals surface area contributed by atoms with Crippen LogP contribution in [0.2, 0.25) is 0 Å². The van der Waals surface area contributed by atoms with E-state index < -0.39 is 11.9 Å². The third-order valence-electron chi connectivity index (χ3n) is 1.11. The number of hydrogen-bond acceptors (Lipinski definition) is 3. The van der Waals surface area contributed by atoms with Gasteiger partial charge in [-0.15, -0.1) is 0 Å². The Morgan fingerprint density at radius 3 is 2.07 bits per heavy atom. The lowest BCUT2D eigenvalue weighted by Crippen LogP contribution is -2.09. The van der Waals surface area contributed by atoms with Crippen LogP contribution in [0, 0.1) is 0 Å². The molecule has 1 rings (SSSR count). The van der Waals surface area contributed by atoms with E-state index in [1.165, 1.54) is 0 Å². The predicted molar refractivity (Wildman–Crippen MR) is 52.9 cm³/mol. The summed E-state index contributed by atoms with van der Waals surface area (Å²) < 4.78 is 4.87. The molecule has 1 aromatic rings. The van der Waals surface area contributed by atoms with Crippen molar-refractivity contribution >= 4 is 11.9 Å². The van der Waals surface area contributed by atoms with Crippen LogP contribution in [0.15, 0.2) is 30.3 Å². The van der Waals surface area contributed by atoms with Crippen molar-refractivity contribution in [3.8, 4) is 5.75 Å². The highest BCUT2D eigenvalue weighted by atomic mass is 16.5. The van der Waals surface area contributed by atoms with Crippen molar-refractivity contribution in [2.24, 2.45) is 0 Å². The molecule has 0 atom stereocenters. The number of carboxylic acid groups (broad SMARTS) is 2. The Kier molecular flexibility index (Phi) is 6.37. The van der Waals surface area contributed by atoms with Gasteiger partial charge < -0.3 is 14.9 Å². The number of carboxylic acids is 2. The molecular weight excluding hydrogens is 200 g/mol. The standard InChI is InChI=1S/C8H8O3.C2H4O2/c9-8(10)6-11-7-4-2-1-3-5-7;1-2(3)4/h1-5H,6H2,(H,9,10);1H3,(H,3,4). The highest BCUT2D eigenvalue weighted by molar-refractivity contribution is 5.68. The fourth-order valence-electron chi connectivity index (χ4n) is 0.662. The summed E-state index contributed by atoms with van der Waals surface area (Å²) in [7, 11) is 0. The Balaban J connectivity index is 0.000000423. The number of ether oxygens (including phenoxy) is 1. The SMILES string of the molecule is CC(=O)O.O=C(O)COc1ccccc1. The lowest BCUT2D eigenvalue weighted by molar-refractivity contribution is -0.139. The third-order valence-corrected chi connectivity index (χ3v) is 1.11. The number of benzene rings is 1. The summed E-state index contributed by atoms with van der Waals surface area (Å²) >= 11 is 0. The summed E-state index contributed by atoms with van der Waals surface area (Å²) in [6.07, 6.45) is 0. The van der Waals surface area contributed by atoms with Crippen molar-refractivity contribution in [3.63, 3.8) is 0 Å². The molecule has 0 aliphatic carbocycles. The maximum Gasteiger partial charge on any atom is 0.341 e. The fourth-order valence-corrected chi connectivity index (χ4v) is 0.662. The molecule has 1 aromatic carbocycles. The van der Waals surface area contributed by atoms with E-state index >= 15 is 0 Å². The molecule has 0 amide bonds. The van der Waals surface area contributed by atoms with Crippen molar-refractivity contribution in [2.75, 3.05) is 6.61 Å². The molecule has 5 nitrogen and oxygen atoms in total. The van der Waals surface area contributed by atoms with Crippen LogP contribution in [0.3, 0.4) is 0 Å². The first kappa shape index (κ1) is 13.0. The van der Waals surface area contributed by atoms with Gasteiger partial charge in [-0.3, -0.25) is 4.79 Å². The molecule has 0 unspecified atom stereocenters. The van der Waals surface area contributed by atoms with Gasteiger partial charge in [-0.05, 0) is 12.1 Å². The van der Waals surface area contributed by atoms with Gasteiger partial charge in [0.05, 0.1) is 0 Å². The quantitative estimate of drug-likeness (QED) is 0.787. The van der Waals surface area contributed by atoms with Crippen LogP contribution < -0.4 is 4.74 Å². The Morgan fingerprint density at radius 2 is 1.67 bits per heavy atom. The van der Waals surface area contributed by atoms with Crippen molar-refractivity contribution in [2.45, 2.75) is 6.92 Å². The Morgan fingerprint density at radius 1 is 1.20 bits per heavy atom. The van der Waals surface area contributed by atoms with Gasteiger partial charge in [0.2, 0.25) is 0 Å². The molecule has 0 fully saturated rings. The number of para-hydroxylation sites is 1. The fraction of sp³-hybridized carbons (Fsp3) is 0.200. The summed E-state index contributed by atoms with van der Waals surface area (Å²) in [4.78, 5) is 19.0. The van der Waals surface area contributed by atoms with Crippen LogP contribution in [0.5, 0.6) is 5.75 Å². The highest BCUT2D eigenvalue weighted by Crippen LogP contribution is 2.07. The van der Waals surface area contributed by atoms with Gasteiger partial charge in [-0.2, -0.15) is 0 Å². The molecule has 0 aliphatic heterocycles. The molecule has 0 radical (unpaired) electrons. The minimum Gasteiger partial charge on any atom is -0.482 e. The molecule has 0 spiro atoms. The van der Waals surface area contributed by atoms with E-state index in [1.54, 1.807) is 24.3 Å². The van der Waals surface area contributed by atoms with E-state index in [0.717, 1.165) is 6.92 Å². The molecule has 2 N–H and O–H groups in total. The average molecular weight is 212 g/mol. The first-order valence-corrected chi connectivity index (χ1v) is 4.11. The molecule has 0 aliphatic rings. The summed E-state index contributed by atoms with van der Waals surface area (Å²) in [5.74, 6) is -1.22. The summed E-state index contributed by atoms with van der Waals surface area (Å²) in [5, 5.41) is 15.7. The minimum absolute atomic E-state index is 0.288. The zero-order chi connectivity index (χ0) is 11.7. The lowest BCUT2D eigenvalue weighted by atomic mass is 10.3. The second-order valence-corrected chi connectivity index (χ2v) is 2.51. The Hall–Kier alpha value is -2.04.